The number of rotatable bonds is 6. The van der Waals surface area contributed by atoms with Crippen LogP contribution in [0.5, 0.6) is 0 Å². The predicted octanol–water partition coefficient (Wildman–Crippen LogP) is 3.61. The van der Waals surface area contributed by atoms with E-state index in [1.807, 2.05) is 41.1 Å². The Morgan fingerprint density at radius 1 is 1.07 bits per heavy atom. The first-order valence-corrected chi connectivity index (χ1v) is 9.41. The molecule has 3 aromatic rings. The van der Waals surface area contributed by atoms with E-state index in [-0.39, 0.29) is 27.8 Å². The molecule has 1 N–H and O–H groups in total. The Morgan fingerprint density at radius 2 is 1.79 bits per heavy atom. The second-order valence-electron chi connectivity index (χ2n) is 6.11. The van der Waals surface area contributed by atoms with Crippen LogP contribution in [-0.2, 0) is 20.8 Å². The number of benzene rings is 1. The number of fused-ring (bicyclic) bond motifs is 1. The minimum absolute atomic E-state index is 0.174. The average molecular weight is 400 g/mol. The number of hydrogen-bond donors (Lipinski definition) is 1. The highest BCUT2D eigenvalue weighted by Gasteiger charge is 2.26. The number of carbonyl (C=O) groups excluding carboxylic acids is 3. The van der Waals surface area contributed by atoms with E-state index < -0.39 is 11.9 Å². The zero-order chi connectivity index (χ0) is 20.3. The number of para-hydroxylation sites is 1. The maximum Gasteiger partial charge on any atom is 0.348 e. The molecule has 0 spiro atoms. The van der Waals surface area contributed by atoms with Gasteiger partial charge < -0.3 is 19.4 Å². The van der Waals surface area contributed by atoms with Crippen LogP contribution in [0.4, 0.5) is 5.00 Å². The summed E-state index contributed by atoms with van der Waals surface area (Å²) >= 11 is 1.00. The zero-order valence-electron chi connectivity index (χ0n) is 15.8. The quantitative estimate of drug-likeness (QED) is 0.639. The fourth-order valence-corrected chi connectivity index (χ4v) is 4.11. The summed E-state index contributed by atoms with van der Waals surface area (Å²) in [5.41, 5.74) is 1.65. The number of ether oxygens (including phenoxy) is 2. The van der Waals surface area contributed by atoms with Crippen molar-refractivity contribution < 1.29 is 23.9 Å². The maximum atomic E-state index is 12.5. The molecule has 3 rings (SSSR count). The van der Waals surface area contributed by atoms with Crippen LogP contribution in [0.2, 0.25) is 0 Å². The molecule has 0 aliphatic rings. The van der Waals surface area contributed by atoms with E-state index in [9.17, 15) is 14.4 Å². The molecule has 0 bridgehead atoms. The minimum atomic E-state index is -0.615. The van der Waals surface area contributed by atoms with Crippen LogP contribution < -0.4 is 5.32 Å². The zero-order valence-corrected chi connectivity index (χ0v) is 16.6. The van der Waals surface area contributed by atoms with E-state index in [2.05, 4.69) is 5.32 Å². The molecule has 1 amide bonds. The van der Waals surface area contributed by atoms with E-state index >= 15 is 0 Å². The van der Waals surface area contributed by atoms with E-state index in [0.717, 1.165) is 22.2 Å². The van der Waals surface area contributed by atoms with Gasteiger partial charge in [-0.3, -0.25) is 4.79 Å². The first kappa shape index (κ1) is 19.6. The molecule has 0 saturated heterocycles. The third kappa shape index (κ3) is 3.77. The van der Waals surface area contributed by atoms with Gasteiger partial charge in [-0.1, -0.05) is 18.2 Å². The summed E-state index contributed by atoms with van der Waals surface area (Å²) in [6, 6.07) is 9.91. The molecule has 0 unspecified atom stereocenters. The molecule has 0 saturated carbocycles. The molecular weight excluding hydrogens is 380 g/mol. The largest absolute Gasteiger partial charge is 0.465 e. The number of carbonyl (C=O) groups is 3. The summed E-state index contributed by atoms with van der Waals surface area (Å²) < 4.78 is 11.5. The van der Waals surface area contributed by atoms with Crippen LogP contribution >= 0.6 is 11.3 Å². The molecule has 7 nitrogen and oxygen atoms in total. The molecule has 2 aromatic heterocycles. The number of amides is 1. The monoisotopic (exact) mass is 400 g/mol. The van der Waals surface area contributed by atoms with Gasteiger partial charge in [0.05, 0.1) is 19.8 Å². The van der Waals surface area contributed by atoms with Gasteiger partial charge in [-0.05, 0) is 30.0 Å². The summed E-state index contributed by atoms with van der Waals surface area (Å²) in [4.78, 5) is 36.8. The molecule has 1 aromatic carbocycles. The lowest BCUT2D eigenvalue weighted by Crippen LogP contribution is -2.16. The minimum Gasteiger partial charge on any atom is -0.465 e. The van der Waals surface area contributed by atoms with Crippen molar-refractivity contribution in [3.8, 4) is 0 Å². The second-order valence-corrected chi connectivity index (χ2v) is 7.13. The standard InChI is InChI=1S/C20H20N2O5S/c1-12-16(19(24)26-2)18(28-17(12)20(25)27-3)21-15(23)9-11-22-10-8-13-6-4-5-7-14(13)22/h4-8,10H,9,11H2,1-3H3,(H,21,23). The lowest BCUT2D eigenvalue weighted by Gasteiger charge is -2.08. The van der Waals surface area contributed by atoms with Crippen molar-refractivity contribution in [2.45, 2.75) is 19.9 Å². The highest BCUT2D eigenvalue weighted by Crippen LogP contribution is 2.34. The maximum absolute atomic E-state index is 12.5. The molecular formula is C20H20N2O5S. The summed E-state index contributed by atoms with van der Waals surface area (Å²) in [5.74, 6) is -1.44. The predicted molar refractivity (Wildman–Crippen MR) is 107 cm³/mol. The SMILES string of the molecule is COC(=O)c1sc(NC(=O)CCn2ccc3ccccc32)c(C(=O)OC)c1C. The lowest BCUT2D eigenvalue weighted by molar-refractivity contribution is -0.116. The van der Waals surface area contributed by atoms with Gasteiger partial charge >= 0.3 is 11.9 Å². The first-order chi connectivity index (χ1) is 13.5. The first-order valence-electron chi connectivity index (χ1n) is 8.60. The molecule has 28 heavy (non-hydrogen) atoms. The molecule has 0 atom stereocenters. The van der Waals surface area contributed by atoms with Crippen molar-refractivity contribution in [1.82, 2.24) is 4.57 Å². The third-order valence-electron chi connectivity index (χ3n) is 4.42. The lowest BCUT2D eigenvalue weighted by atomic mass is 10.1. The van der Waals surface area contributed by atoms with Crippen molar-refractivity contribution in [1.29, 1.82) is 0 Å². The topological polar surface area (TPSA) is 86.6 Å². The molecule has 0 radical (unpaired) electrons. The summed E-state index contributed by atoms with van der Waals surface area (Å²) in [7, 11) is 2.51. The Labute approximate surface area is 165 Å². The van der Waals surface area contributed by atoms with Crippen LogP contribution in [0.3, 0.4) is 0 Å². The summed E-state index contributed by atoms with van der Waals surface area (Å²) in [6.07, 6.45) is 2.15. The number of hydrogen-bond acceptors (Lipinski definition) is 6. The highest BCUT2D eigenvalue weighted by molar-refractivity contribution is 7.18. The van der Waals surface area contributed by atoms with E-state index in [4.69, 9.17) is 9.47 Å². The van der Waals surface area contributed by atoms with Crippen LogP contribution in [-0.4, -0.2) is 36.6 Å². The number of nitrogens with one attached hydrogen (secondary N) is 1. The van der Waals surface area contributed by atoms with Crippen LogP contribution in [0.1, 0.15) is 32.0 Å². The van der Waals surface area contributed by atoms with Gasteiger partial charge in [0.2, 0.25) is 5.91 Å². The van der Waals surface area contributed by atoms with Crippen LogP contribution in [0, 0.1) is 6.92 Å². The van der Waals surface area contributed by atoms with Crippen molar-refractivity contribution in [2.75, 3.05) is 19.5 Å². The van der Waals surface area contributed by atoms with Gasteiger partial charge in [-0.2, -0.15) is 0 Å². The number of aromatic nitrogens is 1. The van der Waals surface area contributed by atoms with Gasteiger partial charge in [0.1, 0.15) is 9.88 Å². The number of thiophene rings is 1. The summed E-state index contributed by atoms with van der Waals surface area (Å²) in [5, 5.41) is 4.12. The molecule has 8 heteroatoms. The number of anilines is 1. The molecule has 0 aliphatic carbocycles. The van der Waals surface area contributed by atoms with Crippen molar-refractivity contribution in [2.24, 2.45) is 0 Å². The fourth-order valence-electron chi connectivity index (χ4n) is 2.98. The Morgan fingerprint density at radius 3 is 2.50 bits per heavy atom. The summed E-state index contributed by atoms with van der Waals surface area (Å²) in [6.45, 7) is 2.11. The van der Waals surface area contributed by atoms with Crippen LogP contribution in [0.15, 0.2) is 36.5 Å². The second kappa shape index (κ2) is 8.26. The normalized spacial score (nSPS) is 10.7. The van der Waals surface area contributed by atoms with E-state index in [0.29, 0.717) is 12.1 Å². The molecule has 0 fully saturated rings. The van der Waals surface area contributed by atoms with Gasteiger partial charge in [-0.25, -0.2) is 9.59 Å². The Kier molecular flexibility index (Phi) is 5.79. The van der Waals surface area contributed by atoms with E-state index in [1.165, 1.54) is 14.2 Å². The smallest absolute Gasteiger partial charge is 0.348 e. The molecule has 0 aliphatic heterocycles. The van der Waals surface area contributed by atoms with Gasteiger partial charge in [-0.15, -0.1) is 11.3 Å². The highest BCUT2D eigenvalue weighted by atomic mass is 32.1. The van der Waals surface area contributed by atoms with Crippen molar-refractivity contribution in [3.63, 3.8) is 0 Å². The van der Waals surface area contributed by atoms with Gasteiger partial charge in [0.25, 0.3) is 0 Å². The van der Waals surface area contributed by atoms with Crippen molar-refractivity contribution in [3.05, 3.63) is 52.5 Å². The molecule has 2 heterocycles. The van der Waals surface area contributed by atoms with Crippen LogP contribution in [0.25, 0.3) is 10.9 Å². The Bertz CT molecular complexity index is 1050. The number of nitrogens with zero attached hydrogens (tertiary/aromatic N) is 1. The Hall–Kier alpha value is -3.13. The number of methoxy groups -OCH3 is 2. The third-order valence-corrected chi connectivity index (χ3v) is 5.61. The average Bonchev–Trinajstić information content (AvgIpc) is 3.26. The molecule has 146 valence electrons. The van der Waals surface area contributed by atoms with Gasteiger partial charge in [0, 0.05) is 24.7 Å². The fraction of sp³-hybridized carbons (Fsp3) is 0.250. The van der Waals surface area contributed by atoms with E-state index in [1.54, 1.807) is 6.92 Å². The Balaban J connectivity index is 1.77. The van der Waals surface area contributed by atoms with Gasteiger partial charge in [0.15, 0.2) is 0 Å². The van der Waals surface area contributed by atoms with Crippen molar-refractivity contribution >= 4 is 45.1 Å². The number of aryl methyl sites for hydroxylation is 1. The number of esters is 2.